The first-order valence-electron chi connectivity index (χ1n) is 9.32. The van der Waals surface area contributed by atoms with Gasteiger partial charge in [-0.25, -0.2) is 13.2 Å². The fourth-order valence-corrected chi connectivity index (χ4v) is 4.27. The van der Waals surface area contributed by atoms with E-state index in [9.17, 15) is 18.0 Å². The van der Waals surface area contributed by atoms with E-state index in [1.807, 2.05) is 19.1 Å². The lowest BCUT2D eigenvalue weighted by molar-refractivity contribution is -0.144. The molecular formula is C21H23NO6S. The van der Waals surface area contributed by atoms with Gasteiger partial charge in [0.15, 0.2) is 19.0 Å². The molecule has 0 spiro atoms. The van der Waals surface area contributed by atoms with E-state index >= 15 is 0 Å². The van der Waals surface area contributed by atoms with E-state index in [1.54, 1.807) is 37.3 Å². The molecule has 0 bridgehead atoms. The topological polar surface area (TPSA) is 90.0 Å². The van der Waals surface area contributed by atoms with E-state index in [1.165, 1.54) is 4.31 Å². The lowest BCUT2D eigenvalue weighted by atomic mass is 10.1. The van der Waals surface area contributed by atoms with Gasteiger partial charge in [-0.2, -0.15) is 0 Å². The van der Waals surface area contributed by atoms with Gasteiger partial charge in [0.1, 0.15) is 5.75 Å². The number of aryl methyl sites for hydroxylation is 1. The molecule has 0 radical (unpaired) electrons. The van der Waals surface area contributed by atoms with Gasteiger partial charge in [-0.3, -0.25) is 9.10 Å². The average Bonchev–Trinajstić information content (AvgIpc) is 3.15. The summed E-state index contributed by atoms with van der Waals surface area (Å²) in [5.74, 6) is -0.383. The van der Waals surface area contributed by atoms with Gasteiger partial charge in [-0.1, -0.05) is 18.2 Å². The molecule has 3 rings (SSSR count). The fraction of sp³-hybridized carbons (Fsp3) is 0.333. The number of carbonyl (C=O) groups excluding carboxylic acids is 2. The highest BCUT2D eigenvalue weighted by Gasteiger charge is 2.28. The average molecular weight is 417 g/mol. The van der Waals surface area contributed by atoms with E-state index in [-0.39, 0.29) is 18.1 Å². The second-order valence-corrected chi connectivity index (χ2v) is 8.89. The molecular weight excluding hydrogens is 394 g/mol. The molecule has 154 valence electrons. The quantitative estimate of drug-likeness (QED) is 0.484. The normalized spacial score (nSPS) is 13.1. The first-order chi connectivity index (χ1) is 13.8. The Hall–Kier alpha value is -2.87. The van der Waals surface area contributed by atoms with Crippen LogP contribution in [0.15, 0.2) is 42.5 Å². The molecule has 0 atom stereocenters. The highest BCUT2D eigenvalue weighted by atomic mass is 32.2. The van der Waals surface area contributed by atoms with Gasteiger partial charge in [0.2, 0.25) is 10.0 Å². The first kappa shape index (κ1) is 20.9. The molecule has 0 aromatic heterocycles. The second-order valence-electron chi connectivity index (χ2n) is 6.70. The Bertz CT molecular complexity index is 1030. The first-order valence-corrected chi connectivity index (χ1v) is 10.9. The van der Waals surface area contributed by atoms with Crippen LogP contribution in [0.1, 0.15) is 28.4 Å². The predicted molar refractivity (Wildman–Crippen MR) is 109 cm³/mol. The molecule has 0 aliphatic carbocycles. The summed E-state index contributed by atoms with van der Waals surface area (Å²) in [5, 5.41) is 0. The molecule has 0 saturated carbocycles. The Morgan fingerprint density at radius 2 is 1.86 bits per heavy atom. The summed E-state index contributed by atoms with van der Waals surface area (Å²) < 4.78 is 36.1. The molecule has 0 saturated heterocycles. The zero-order chi connectivity index (χ0) is 21.0. The number of carbonyl (C=O) groups is 2. The zero-order valence-corrected chi connectivity index (χ0v) is 17.2. The minimum absolute atomic E-state index is 0.0215. The van der Waals surface area contributed by atoms with Crippen molar-refractivity contribution in [3.05, 3.63) is 59.2 Å². The molecule has 7 nitrogen and oxygen atoms in total. The molecule has 0 unspecified atom stereocenters. The Kier molecular flexibility index (Phi) is 6.22. The van der Waals surface area contributed by atoms with Crippen molar-refractivity contribution in [2.24, 2.45) is 0 Å². The summed E-state index contributed by atoms with van der Waals surface area (Å²) in [7, 11) is -3.33. The lowest BCUT2D eigenvalue weighted by Crippen LogP contribution is -2.30. The smallest absolute Gasteiger partial charge is 0.344 e. The Morgan fingerprint density at radius 1 is 1.10 bits per heavy atom. The van der Waals surface area contributed by atoms with E-state index in [2.05, 4.69) is 0 Å². The monoisotopic (exact) mass is 417 g/mol. The van der Waals surface area contributed by atoms with Crippen LogP contribution in [0.25, 0.3) is 0 Å². The van der Waals surface area contributed by atoms with Crippen molar-refractivity contribution >= 4 is 27.5 Å². The van der Waals surface area contributed by atoms with Crippen molar-refractivity contribution in [3.8, 4) is 5.75 Å². The minimum Gasteiger partial charge on any atom is -0.482 e. The molecule has 0 amide bonds. The largest absolute Gasteiger partial charge is 0.482 e. The highest BCUT2D eigenvalue weighted by Crippen LogP contribution is 2.31. The van der Waals surface area contributed by atoms with Gasteiger partial charge in [0.05, 0.1) is 11.4 Å². The van der Waals surface area contributed by atoms with Crippen molar-refractivity contribution in [2.45, 2.75) is 20.3 Å². The number of rotatable bonds is 8. The van der Waals surface area contributed by atoms with Crippen LogP contribution < -0.4 is 9.04 Å². The van der Waals surface area contributed by atoms with Crippen LogP contribution in [0.2, 0.25) is 0 Å². The third kappa shape index (κ3) is 4.76. The van der Waals surface area contributed by atoms with E-state index < -0.39 is 22.6 Å². The number of ketones is 1. The number of hydrogen-bond acceptors (Lipinski definition) is 6. The van der Waals surface area contributed by atoms with Crippen LogP contribution in [0.3, 0.4) is 0 Å². The predicted octanol–water partition coefficient (Wildman–Crippen LogP) is 2.51. The number of sulfonamides is 1. The number of hydrogen-bond donors (Lipinski definition) is 0. The summed E-state index contributed by atoms with van der Waals surface area (Å²) in [6, 6.07) is 12.1. The van der Waals surface area contributed by atoms with Gasteiger partial charge in [0.25, 0.3) is 0 Å². The molecule has 1 aliphatic rings. The Balaban J connectivity index is 1.56. The van der Waals surface area contributed by atoms with Gasteiger partial charge < -0.3 is 9.47 Å². The molecule has 1 aliphatic heterocycles. The molecule has 1 heterocycles. The van der Waals surface area contributed by atoms with Crippen molar-refractivity contribution < 1.29 is 27.5 Å². The summed E-state index contributed by atoms with van der Waals surface area (Å²) in [6.45, 7) is 3.15. The minimum atomic E-state index is -3.33. The standard InChI is InChI=1S/C21H23NO6S/c1-3-29(25,26)22-11-10-16-12-17(8-9-18(16)22)19(23)13-28-21(24)14-27-20-7-5-4-6-15(20)2/h4-9,12H,3,10-11,13-14H2,1-2H3. The van der Waals surface area contributed by atoms with Crippen LogP contribution in [-0.2, 0) is 26.0 Å². The maximum absolute atomic E-state index is 12.4. The van der Waals surface area contributed by atoms with Gasteiger partial charge in [-0.15, -0.1) is 0 Å². The molecule has 2 aromatic rings. The van der Waals surface area contributed by atoms with Gasteiger partial charge in [-0.05, 0) is 55.7 Å². The van der Waals surface area contributed by atoms with Gasteiger partial charge >= 0.3 is 5.97 Å². The summed E-state index contributed by atoms with van der Waals surface area (Å²) in [5.41, 5.74) is 2.68. The fourth-order valence-electron chi connectivity index (χ4n) is 3.12. The van der Waals surface area contributed by atoms with E-state index in [0.717, 1.165) is 11.1 Å². The summed E-state index contributed by atoms with van der Waals surface area (Å²) >= 11 is 0. The number of nitrogens with zero attached hydrogens (tertiary/aromatic N) is 1. The van der Waals surface area contributed by atoms with Crippen LogP contribution >= 0.6 is 0 Å². The summed E-state index contributed by atoms with van der Waals surface area (Å²) in [6.07, 6.45) is 0.541. The molecule has 29 heavy (non-hydrogen) atoms. The Morgan fingerprint density at radius 3 is 2.59 bits per heavy atom. The van der Waals surface area contributed by atoms with Crippen LogP contribution in [0.4, 0.5) is 5.69 Å². The molecule has 8 heteroatoms. The lowest BCUT2D eigenvalue weighted by Gasteiger charge is -2.18. The SMILES string of the molecule is CCS(=O)(=O)N1CCc2cc(C(=O)COC(=O)COc3ccccc3C)ccc21. The van der Waals surface area contributed by atoms with Crippen molar-refractivity contribution in [3.63, 3.8) is 0 Å². The number of fused-ring (bicyclic) bond motifs is 1. The van der Waals surface area contributed by atoms with Crippen molar-refractivity contribution in [2.75, 3.05) is 29.8 Å². The molecule has 2 aromatic carbocycles. The van der Waals surface area contributed by atoms with Crippen LogP contribution in [-0.4, -0.2) is 45.7 Å². The summed E-state index contributed by atoms with van der Waals surface area (Å²) in [4.78, 5) is 24.2. The van der Waals surface area contributed by atoms with Gasteiger partial charge in [0, 0.05) is 12.1 Å². The number of benzene rings is 2. The maximum Gasteiger partial charge on any atom is 0.344 e. The zero-order valence-electron chi connectivity index (χ0n) is 16.4. The van der Waals surface area contributed by atoms with Crippen molar-refractivity contribution in [1.29, 1.82) is 0 Å². The molecule has 0 fully saturated rings. The van der Waals surface area contributed by atoms with Crippen LogP contribution in [0, 0.1) is 6.92 Å². The molecule has 0 N–H and O–H groups in total. The van der Waals surface area contributed by atoms with Crippen molar-refractivity contribution in [1.82, 2.24) is 0 Å². The van der Waals surface area contributed by atoms with E-state index in [0.29, 0.717) is 30.0 Å². The third-order valence-corrected chi connectivity index (χ3v) is 6.54. The number of anilines is 1. The number of Topliss-reactive ketones (excluding diaryl/α,β-unsaturated/α-hetero) is 1. The third-order valence-electron chi connectivity index (χ3n) is 4.76. The number of ether oxygens (including phenoxy) is 2. The number of para-hydroxylation sites is 1. The second kappa shape index (κ2) is 8.65. The Labute approximate surface area is 170 Å². The highest BCUT2D eigenvalue weighted by molar-refractivity contribution is 7.92. The maximum atomic E-state index is 12.4. The van der Waals surface area contributed by atoms with E-state index in [4.69, 9.17) is 9.47 Å². The number of esters is 1. The van der Waals surface area contributed by atoms with Crippen LogP contribution in [0.5, 0.6) is 5.75 Å².